The molecule has 18 heavy (non-hydrogen) atoms. The van der Waals surface area contributed by atoms with Gasteiger partial charge in [0.05, 0.1) is 19.3 Å². The van der Waals surface area contributed by atoms with Crippen LogP contribution in [0.15, 0.2) is 0 Å². The summed E-state index contributed by atoms with van der Waals surface area (Å²) in [7, 11) is 1.66. The van der Waals surface area contributed by atoms with E-state index in [9.17, 15) is 5.11 Å². The number of nitrogens with two attached hydrogens (primary N) is 1. The van der Waals surface area contributed by atoms with Gasteiger partial charge in [-0.05, 0) is 18.8 Å². The van der Waals surface area contributed by atoms with Crippen molar-refractivity contribution in [3.8, 4) is 0 Å². The summed E-state index contributed by atoms with van der Waals surface area (Å²) in [6.45, 7) is 6.07. The predicted octanol–water partition coefficient (Wildman–Crippen LogP) is 1.22. The highest BCUT2D eigenvalue weighted by atomic mass is 16.5. The van der Waals surface area contributed by atoms with Crippen LogP contribution in [0.1, 0.15) is 39.5 Å². The highest BCUT2D eigenvalue weighted by Gasteiger charge is 2.32. The van der Waals surface area contributed by atoms with Gasteiger partial charge in [0.2, 0.25) is 0 Å². The standard InChI is InChI=1S/C14H30N2O2/c1-11(2)8-16(12-6-4-5-7-12)14(9-17)13(15)10-18-3/h11-14,17H,4-10,15H2,1-3H3. The van der Waals surface area contributed by atoms with E-state index < -0.39 is 0 Å². The van der Waals surface area contributed by atoms with E-state index in [1.807, 2.05) is 0 Å². The largest absolute Gasteiger partial charge is 0.395 e. The van der Waals surface area contributed by atoms with Crippen molar-refractivity contribution in [1.29, 1.82) is 0 Å². The molecule has 0 aliphatic heterocycles. The molecule has 0 heterocycles. The van der Waals surface area contributed by atoms with E-state index in [1.54, 1.807) is 7.11 Å². The fourth-order valence-electron chi connectivity index (χ4n) is 3.00. The second-order valence-corrected chi connectivity index (χ2v) is 5.90. The number of aliphatic hydroxyl groups excluding tert-OH is 1. The van der Waals surface area contributed by atoms with Crippen LogP contribution in [-0.2, 0) is 4.74 Å². The van der Waals surface area contributed by atoms with Crippen LogP contribution in [0.2, 0.25) is 0 Å². The van der Waals surface area contributed by atoms with Crippen molar-refractivity contribution in [1.82, 2.24) is 4.90 Å². The predicted molar refractivity (Wildman–Crippen MR) is 74.5 cm³/mol. The van der Waals surface area contributed by atoms with E-state index in [4.69, 9.17) is 10.5 Å². The number of hydrogen-bond donors (Lipinski definition) is 2. The summed E-state index contributed by atoms with van der Waals surface area (Å²) >= 11 is 0. The van der Waals surface area contributed by atoms with E-state index >= 15 is 0 Å². The Kier molecular flexibility index (Phi) is 7.15. The van der Waals surface area contributed by atoms with E-state index in [-0.39, 0.29) is 18.7 Å². The van der Waals surface area contributed by atoms with Gasteiger partial charge in [-0.1, -0.05) is 26.7 Å². The number of methoxy groups -OCH3 is 1. The minimum Gasteiger partial charge on any atom is -0.395 e. The van der Waals surface area contributed by atoms with Gasteiger partial charge < -0.3 is 15.6 Å². The van der Waals surface area contributed by atoms with Crippen LogP contribution in [0.3, 0.4) is 0 Å². The number of hydrogen-bond acceptors (Lipinski definition) is 4. The Morgan fingerprint density at radius 1 is 1.33 bits per heavy atom. The first-order chi connectivity index (χ1) is 8.60. The lowest BCUT2D eigenvalue weighted by atomic mass is 10.0. The van der Waals surface area contributed by atoms with Gasteiger partial charge >= 0.3 is 0 Å². The summed E-state index contributed by atoms with van der Waals surface area (Å²) < 4.78 is 5.14. The number of aliphatic hydroxyl groups is 1. The number of ether oxygens (including phenoxy) is 1. The average Bonchev–Trinajstić information content (AvgIpc) is 2.81. The highest BCUT2D eigenvalue weighted by molar-refractivity contribution is 4.88. The normalized spacial score (nSPS) is 20.8. The average molecular weight is 258 g/mol. The summed E-state index contributed by atoms with van der Waals surface area (Å²) in [5.74, 6) is 0.592. The molecule has 1 fully saturated rings. The lowest BCUT2D eigenvalue weighted by molar-refractivity contribution is 0.0368. The molecular weight excluding hydrogens is 228 g/mol. The molecule has 0 aromatic heterocycles. The van der Waals surface area contributed by atoms with Gasteiger partial charge in [-0.25, -0.2) is 0 Å². The molecule has 4 nitrogen and oxygen atoms in total. The minimum atomic E-state index is -0.112. The Morgan fingerprint density at radius 3 is 2.39 bits per heavy atom. The summed E-state index contributed by atoms with van der Waals surface area (Å²) in [6, 6.07) is 0.502. The molecule has 0 radical (unpaired) electrons. The minimum absolute atomic E-state index is 0.0236. The molecule has 1 saturated carbocycles. The Bertz CT molecular complexity index is 218. The maximum atomic E-state index is 9.69. The quantitative estimate of drug-likeness (QED) is 0.687. The van der Waals surface area contributed by atoms with Crippen molar-refractivity contribution in [2.75, 3.05) is 26.9 Å². The second kappa shape index (κ2) is 8.10. The lowest BCUT2D eigenvalue weighted by Crippen LogP contribution is -2.56. The Balaban J connectivity index is 2.70. The number of rotatable bonds is 8. The molecule has 4 heteroatoms. The fraction of sp³-hybridized carbons (Fsp3) is 1.00. The van der Waals surface area contributed by atoms with Crippen LogP contribution in [0, 0.1) is 5.92 Å². The van der Waals surface area contributed by atoms with Crippen molar-refractivity contribution in [3.05, 3.63) is 0 Å². The maximum Gasteiger partial charge on any atom is 0.0629 e. The van der Waals surface area contributed by atoms with E-state index in [1.165, 1.54) is 25.7 Å². The Hall–Kier alpha value is -0.160. The first-order valence-corrected chi connectivity index (χ1v) is 7.21. The molecule has 108 valence electrons. The first kappa shape index (κ1) is 15.9. The van der Waals surface area contributed by atoms with E-state index in [0.717, 1.165) is 6.54 Å². The van der Waals surface area contributed by atoms with Gasteiger partial charge in [0.1, 0.15) is 0 Å². The molecular formula is C14H30N2O2. The molecule has 3 N–H and O–H groups in total. The van der Waals surface area contributed by atoms with Crippen LogP contribution in [0.25, 0.3) is 0 Å². The fourth-order valence-corrected chi connectivity index (χ4v) is 3.00. The topological polar surface area (TPSA) is 58.7 Å². The van der Waals surface area contributed by atoms with Crippen molar-refractivity contribution in [2.24, 2.45) is 11.7 Å². The van der Waals surface area contributed by atoms with E-state index in [2.05, 4.69) is 18.7 Å². The van der Waals surface area contributed by atoms with Gasteiger partial charge in [-0.2, -0.15) is 0 Å². The van der Waals surface area contributed by atoms with Crippen molar-refractivity contribution >= 4 is 0 Å². The van der Waals surface area contributed by atoms with Gasteiger partial charge in [0.15, 0.2) is 0 Å². The third-order valence-electron chi connectivity index (χ3n) is 3.84. The zero-order chi connectivity index (χ0) is 13.5. The van der Waals surface area contributed by atoms with Gasteiger partial charge in [-0.15, -0.1) is 0 Å². The zero-order valence-corrected chi connectivity index (χ0v) is 12.1. The third kappa shape index (κ3) is 4.50. The summed E-state index contributed by atoms with van der Waals surface area (Å²) in [5.41, 5.74) is 6.16. The Labute approximate surface area is 111 Å². The first-order valence-electron chi connectivity index (χ1n) is 7.21. The molecule has 1 aliphatic carbocycles. The molecule has 2 atom stereocenters. The molecule has 0 aromatic carbocycles. The Morgan fingerprint density at radius 2 is 1.94 bits per heavy atom. The monoisotopic (exact) mass is 258 g/mol. The summed E-state index contributed by atoms with van der Waals surface area (Å²) in [4.78, 5) is 2.43. The van der Waals surface area contributed by atoms with Crippen molar-refractivity contribution < 1.29 is 9.84 Å². The SMILES string of the molecule is COCC(N)C(CO)N(CC(C)C)C1CCCC1. The van der Waals surface area contributed by atoms with Crippen LogP contribution < -0.4 is 5.73 Å². The molecule has 0 amide bonds. The molecule has 0 aromatic rings. The van der Waals surface area contributed by atoms with Crippen LogP contribution in [0.5, 0.6) is 0 Å². The summed E-state index contributed by atoms with van der Waals surface area (Å²) in [5, 5.41) is 9.69. The van der Waals surface area contributed by atoms with Crippen molar-refractivity contribution in [2.45, 2.75) is 57.7 Å². The lowest BCUT2D eigenvalue weighted by Gasteiger charge is -2.39. The molecule has 0 spiro atoms. The smallest absolute Gasteiger partial charge is 0.0629 e. The summed E-state index contributed by atoms with van der Waals surface area (Å²) in [6.07, 6.45) is 5.08. The maximum absolute atomic E-state index is 9.69. The second-order valence-electron chi connectivity index (χ2n) is 5.90. The molecule has 0 bridgehead atoms. The molecule has 0 saturated heterocycles. The van der Waals surface area contributed by atoms with Gasteiger partial charge in [-0.3, -0.25) is 4.90 Å². The van der Waals surface area contributed by atoms with Crippen LogP contribution in [0.4, 0.5) is 0 Å². The molecule has 1 rings (SSSR count). The molecule has 1 aliphatic rings. The highest BCUT2D eigenvalue weighted by Crippen LogP contribution is 2.26. The third-order valence-corrected chi connectivity index (χ3v) is 3.84. The van der Waals surface area contributed by atoms with Gasteiger partial charge in [0, 0.05) is 25.7 Å². The zero-order valence-electron chi connectivity index (χ0n) is 12.1. The number of nitrogens with zero attached hydrogens (tertiary/aromatic N) is 1. The van der Waals surface area contributed by atoms with Gasteiger partial charge in [0.25, 0.3) is 0 Å². The van der Waals surface area contributed by atoms with Crippen LogP contribution in [-0.4, -0.2) is 55.0 Å². The molecule has 2 unspecified atom stereocenters. The van der Waals surface area contributed by atoms with Crippen LogP contribution >= 0.6 is 0 Å². The van der Waals surface area contributed by atoms with E-state index in [0.29, 0.717) is 18.6 Å². The van der Waals surface area contributed by atoms with Crippen molar-refractivity contribution in [3.63, 3.8) is 0 Å².